The van der Waals surface area contributed by atoms with Gasteiger partial charge in [-0.3, -0.25) is 0 Å². The molecule has 0 saturated heterocycles. The van der Waals surface area contributed by atoms with Gasteiger partial charge in [-0.1, -0.05) is 78.1 Å². The highest BCUT2D eigenvalue weighted by atomic mass is 28.3. The number of benzene rings is 4. The first-order valence-electron chi connectivity index (χ1n) is 12.2. The van der Waals surface area contributed by atoms with Crippen LogP contribution < -0.4 is 19.7 Å². The Morgan fingerprint density at radius 1 is 0.853 bits per heavy atom. The summed E-state index contributed by atoms with van der Waals surface area (Å²) in [5.74, 6) is 2.10. The first-order valence-corrected chi connectivity index (χ1v) is 15.2. The number of aryl methyl sites for hydroxylation is 4. The maximum Gasteiger partial charge on any atom is 0.228 e. The predicted octanol–water partition coefficient (Wildman–Crippen LogP) is 5.82. The summed E-state index contributed by atoms with van der Waals surface area (Å²) >= 11 is 0. The molecule has 4 aromatic carbocycles. The monoisotopic (exact) mass is 458 g/mol. The molecule has 0 spiro atoms. The molecular weight excluding hydrogens is 430 g/mol. The Morgan fingerprint density at radius 3 is 2.50 bits per heavy atom. The van der Waals surface area contributed by atoms with E-state index in [4.69, 9.17) is 4.74 Å². The third-order valence-corrected chi connectivity index (χ3v) is 11.8. The lowest BCUT2D eigenvalue weighted by molar-refractivity contribution is -0.659. The minimum Gasteiger partial charge on any atom is -0.455 e. The van der Waals surface area contributed by atoms with Gasteiger partial charge in [-0.2, -0.15) is 0 Å². The summed E-state index contributed by atoms with van der Waals surface area (Å²) in [6.07, 6.45) is 4.37. The van der Waals surface area contributed by atoms with E-state index in [1.54, 1.807) is 0 Å². The summed E-state index contributed by atoms with van der Waals surface area (Å²) < 4.78 is 9.22. The number of ether oxygens (including phenoxy) is 1. The Labute approximate surface area is 201 Å². The van der Waals surface area contributed by atoms with E-state index >= 15 is 0 Å². The summed E-state index contributed by atoms with van der Waals surface area (Å²) in [7, 11) is 0.298. The van der Waals surface area contributed by atoms with Gasteiger partial charge in [0.25, 0.3) is 0 Å². The fourth-order valence-electron chi connectivity index (χ4n) is 6.28. The average molecular weight is 459 g/mol. The Bertz CT molecular complexity index is 1670. The molecule has 0 fully saturated rings. The molecule has 2 aliphatic rings. The van der Waals surface area contributed by atoms with Crippen LogP contribution in [-0.2, 0) is 19.9 Å². The number of pyridine rings is 1. The van der Waals surface area contributed by atoms with Crippen molar-refractivity contribution in [3.8, 4) is 22.8 Å². The van der Waals surface area contributed by atoms with Crippen LogP contribution in [0.25, 0.3) is 32.8 Å². The van der Waals surface area contributed by atoms with Crippen LogP contribution in [0.2, 0.25) is 13.1 Å². The van der Waals surface area contributed by atoms with Gasteiger partial charge in [0.2, 0.25) is 5.69 Å². The molecule has 0 atom stereocenters. The largest absolute Gasteiger partial charge is 0.455 e. The van der Waals surface area contributed by atoms with Crippen molar-refractivity contribution in [1.82, 2.24) is 0 Å². The van der Waals surface area contributed by atoms with Gasteiger partial charge in [-0.25, -0.2) is 4.57 Å². The zero-order chi connectivity index (χ0) is 23.2. The van der Waals surface area contributed by atoms with Gasteiger partial charge >= 0.3 is 0 Å². The number of hydrogen-bond acceptors (Lipinski definition) is 1. The minimum atomic E-state index is -1.87. The number of aromatic nitrogens is 1. The maximum absolute atomic E-state index is 6.93. The van der Waals surface area contributed by atoms with Gasteiger partial charge < -0.3 is 4.74 Å². The average Bonchev–Trinajstić information content (AvgIpc) is 3.29. The van der Waals surface area contributed by atoms with E-state index in [-0.39, 0.29) is 0 Å². The zero-order valence-corrected chi connectivity index (χ0v) is 21.2. The third-order valence-electron chi connectivity index (χ3n) is 8.24. The van der Waals surface area contributed by atoms with Crippen LogP contribution in [0.4, 0.5) is 0 Å². The lowest BCUT2D eigenvalue weighted by Gasteiger charge is -2.28. The summed E-state index contributed by atoms with van der Waals surface area (Å²) in [5, 5.41) is 8.17. The minimum absolute atomic E-state index is 1.02. The Balaban J connectivity index is 1.56. The van der Waals surface area contributed by atoms with Crippen molar-refractivity contribution in [2.24, 2.45) is 7.05 Å². The second-order valence-electron chi connectivity index (χ2n) is 10.5. The predicted molar refractivity (Wildman–Crippen MR) is 143 cm³/mol. The van der Waals surface area contributed by atoms with Crippen LogP contribution in [0.3, 0.4) is 0 Å². The molecule has 1 aliphatic carbocycles. The molecule has 34 heavy (non-hydrogen) atoms. The fourth-order valence-corrected chi connectivity index (χ4v) is 8.65. The maximum atomic E-state index is 6.93. The molecule has 0 bridgehead atoms. The van der Waals surface area contributed by atoms with Crippen LogP contribution in [0.15, 0.2) is 72.9 Å². The van der Waals surface area contributed by atoms with E-state index in [0.717, 1.165) is 24.3 Å². The molecule has 1 aliphatic heterocycles. The molecule has 166 valence electrons. The number of hydrogen-bond donors (Lipinski definition) is 0. The fraction of sp³-hybridized carbons (Fsp3) is 0.194. The molecule has 7 rings (SSSR count). The van der Waals surface area contributed by atoms with Crippen molar-refractivity contribution in [3.05, 3.63) is 89.6 Å². The first kappa shape index (κ1) is 20.0. The van der Waals surface area contributed by atoms with Crippen LogP contribution in [0.1, 0.15) is 16.7 Å². The van der Waals surface area contributed by atoms with Crippen LogP contribution in [-0.4, -0.2) is 8.07 Å². The molecule has 3 heteroatoms. The van der Waals surface area contributed by atoms with Crippen LogP contribution >= 0.6 is 0 Å². The molecule has 0 radical (unpaired) electrons. The highest BCUT2D eigenvalue weighted by Crippen LogP contribution is 2.52. The van der Waals surface area contributed by atoms with Crippen molar-refractivity contribution in [1.29, 1.82) is 0 Å². The Kier molecular flexibility index (Phi) is 4.00. The van der Waals surface area contributed by atoms with Gasteiger partial charge in [0.15, 0.2) is 6.20 Å². The molecule has 0 unspecified atom stereocenters. The van der Waals surface area contributed by atoms with Gasteiger partial charge in [0, 0.05) is 11.6 Å². The zero-order valence-electron chi connectivity index (χ0n) is 20.2. The van der Waals surface area contributed by atoms with Gasteiger partial charge in [-0.15, -0.1) is 0 Å². The van der Waals surface area contributed by atoms with Crippen molar-refractivity contribution < 1.29 is 9.30 Å². The standard InChI is InChI=1S/C31H28NOSi/c1-19-24-12-8-9-20-13-14-25(28(20)24)31-27(19)30-29-21(15-16-32(30)2)17-23(18-26(29)33-31)34(3,4)22-10-6-5-7-11-22/h5-12,15-18H,13-14H2,1-4H3/q+1. The molecule has 0 saturated carbocycles. The number of fused-ring (bicyclic) bond motifs is 3. The quantitative estimate of drug-likeness (QED) is 0.235. The van der Waals surface area contributed by atoms with Crippen LogP contribution in [0.5, 0.6) is 11.5 Å². The lowest BCUT2D eigenvalue weighted by atomic mass is 9.89. The molecule has 0 N–H and O–H groups in total. The molecule has 0 amide bonds. The van der Waals surface area contributed by atoms with Gasteiger partial charge in [0.05, 0.1) is 10.9 Å². The number of nitrogens with zero attached hydrogens (tertiary/aromatic N) is 1. The molecular formula is C31H28NOSi+. The molecule has 5 aromatic rings. The van der Waals surface area contributed by atoms with Crippen LogP contribution in [0, 0.1) is 6.92 Å². The van der Waals surface area contributed by atoms with E-state index in [9.17, 15) is 0 Å². The van der Waals surface area contributed by atoms with Gasteiger partial charge in [0.1, 0.15) is 26.6 Å². The van der Waals surface area contributed by atoms with E-state index in [1.807, 2.05) is 0 Å². The lowest BCUT2D eigenvalue weighted by Crippen LogP contribution is -2.52. The normalized spacial score (nSPS) is 13.9. The van der Waals surface area contributed by atoms with Crippen molar-refractivity contribution >= 4 is 40.0 Å². The molecule has 1 aromatic heterocycles. The van der Waals surface area contributed by atoms with E-state index in [2.05, 4.69) is 105 Å². The molecule has 2 heterocycles. The summed E-state index contributed by atoms with van der Waals surface area (Å²) in [6, 6.07) is 24.8. The molecule has 2 nitrogen and oxygen atoms in total. The van der Waals surface area contributed by atoms with E-state index in [1.165, 1.54) is 59.9 Å². The first-order chi connectivity index (χ1) is 16.4. The smallest absolute Gasteiger partial charge is 0.228 e. The second kappa shape index (κ2) is 6.80. The third kappa shape index (κ3) is 2.53. The summed E-state index contributed by atoms with van der Waals surface area (Å²) in [5.41, 5.74) is 6.73. The van der Waals surface area contributed by atoms with Crippen molar-refractivity contribution in [3.63, 3.8) is 0 Å². The van der Waals surface area contributed by atoms with Crippen molar-refractivity contribution in [2.45, 2.75) is 32.9 Å². The highest BCUT2D eigenvalue weighted by Gasteiger charge is 2.36. The summed E-state index contributed by atoms with van der Waals surface area (Å²) in [6.45, 7) is 7.16. The number of rotatable bonds is 2. The second-order valence-corrected chi connectivity index (χ2v) is 14.9. The highest BCUT2D eigenvalue weighted by molar-refractivity contribution is 7.00. The topological polar surface area (TPSA) is 13.1 Å². The Hall–Kier alpha value is -3.43. The van der Waals surface area contributed by atoms with E-state index < -0.39 is 8.07 Å². The van der Waals surface area contributed by atoms with Gasteiger partial charge in [-0.05, 0) is 53.1 Å². The SMILES string of the molecule is Cc1c2c(c3c4c(cccc14)CC3)Oc1cc([Si](C)(C)c3ccccc3)cc3cc[n+](C)c-2c13. The van der Waals surface area contributed by atoms with E-state index in [0.29, 0.717) is 0 Å². The van der Waals surface area contributed by atoms with Crippen molar-refractivity contribution in [2.75, 3.05) is 0 Å². The summed E-state index contributed by atoms with van der Waals surface area (Å²) in [4.78, 5) is 0. The Morgan fingerprint density at radius 2 is 1.68 bits per heavy atom.